The minimum absolute atomic E-state index is 0.0816. The Morgan fingerprint density at radius 2 is 1.67 bits per heavy atom. The summed E-state index contributed by atoms with van der Waals surface area (Å²) in [5.74, 6) is 2.31. The van der Waals surface area contributed by atoms with Crippen molar-refractivity contribution in [1.29, 1.82) is 0 Å². The molecule has 2 fully saturated rings. The van der Waals surface area contributed by atoms with Crippen molar-refractivity contribution in [3.05, 3.63) is 89.6 Å². The number of ether oxygens (including phenoxy) is 3. The number of hydrogen-bond acceptors (Lipinski definition) is 7. The molecule has 0 atom stereocenters. The summed E-state index contributed by atoms with van der Waals surface area (Å²) in [5, 5.41) is 0.784. The molecule has 0 bridgehead atoms. The molecular formula is C36H41N3O4. The van der Waals surface area contributed by atoms with Gasteiger partial charge in [0.2, 0.25) is 0 Å². The molecule has 2 aliphatic rings. The summed E-state index contributed by atoms with van der Waals surface area (Å²) in [6.45, 7) is 8.54. The fourth-order valence-electron chi connectivity index (χ4n) is 6.35. The van der Waals surface area contributed by atoms with Crippen LogP contribution in [0.15, 0.2) is 72.9 Å². The van der Waals surface area contributed by atoms with Crippen molar-refractivity contribution >= 4 is 16.7 Å². The van der Waals surface area contributed by atoms with Crippen molar-refractivity contribution in [1.82, 2.24) is 14.8 Å². The lowest BCUT2D eigenvalue weighted by Gasteiger charge is -2.36. The number of fused-ring (bicyclic) bond motifs is 1. The molecule has 6 rings (SSSR count). The van der Waals surface area contributed by atoms with Gasteiger partial charge in [0.25, 0.3) is 0 Å². The molecule has 3 aromatic carbocycles. The molecule has 0 spiro atoms. The first-order chi connectivity index (χ1) is 21.1. The minimum atomic E-state index is -0.0816. The first-order valence-corrected chi connectivity index (χ1v) is 15.5. The van der Waals surface area contributed by atoms with Crippen molar-refractivity contribution in [2.75, 3.05) is 46.4 Å². The Labute approximate surface area is 254 Å². The van der Waals surface area contributed by atoms with Gasteiger partial charge in [0, 0.05) is 35.8 Å². The van der Waals surface area contributed by atoms with Crippen LogP contribution in [0, 0.1) is 6.92 Å². The second kappa shape index (κ2) is 13.6. The van der Waals surface area contributed by atoms with Gasteiger partial charge in [-0.15, -0.1) is 0 Å². The van der Waals surface area contributed by atoms with Crippen LogP contribution in [-0.2, 0) is 0 Å². The first-order valence-electron chi connectivity index (χ1n) is 15.5. The van der Waals surface area contributed by atoms with Crippen LogP contribution in [0.2, 0.25) is 0 Å². The van der Waals surface area contributed by atoms with E-state index in [0.717, 1.165) is 35.5 Å². The average molecular weight is 580 g/mol. The highest BCUT2D eigenvalue weighted by molar-refractivity contribution is 6.11. The van der Waals surface area contributed by atoms with Crippen LogP contribution >= 0.6 is 0 Å². The standard InChI is InChI=1S/C36H41N3O4/c1-26-11-12-32(30(23-26)36(40)27-9-4-3-5-10-27)43-33-13-16-37-31-25-35(34(41-2)24-29(31)33)42-22-8-17-38-20-14-28(15-21-38)39-18-6-7-19-39/h3-5,9-13,16,23-25,28H,6-8,14-15,17-22H2,1-2H3. The fourth-order valence-corrected chi connectivity index (χ4v) is 6.35. The summed E-state index contributed by atoms with van der Waals surface area (Å²) in [6, 6.07) is 21.3. The second-order valence-electron chi connectivity index (χ2n) is 11.6. The number of ketones is 1. The lowest BCUT2D eigenvalue weighted by atomic mass is 10.0. The van der Waals surface area contributed by atoms with E-state index in [0.29, 0.717) is 40.7 Å². The molecule has 7 heteroatoms. The zero-order valence-electron chi connectivity index (χ0n) is 25.3. The molecule has 4 aromatic rings. The highest BCUT2D eigenvalue weighted by Crippen LogP contribution is 2.38. The molecule has 0 N–H and O–H groups in total. The van der Waals surface area contributed by atoms with Crippen molar-refractivity contribution in [3.8, 4) is 23.0 Å². The van der Waals surface area contributed by atoms with Gasteiger partial charge in [-0.3, -0.25) is 9.78 Å². The van der Waals surface area contributed by atoms with E-state index in [-0.39, 0.29) is 5.78 Å². The molecule has 7 nitrogen and oxygen atoms in total. The zero-order chi connectivity index (χ0) is 29.6. The van der Waals surface area contributed by atoms with Gasteiger partial charge in [0.05, 0.1) is 24.8 Å². The molecular weight excluding hydrogens is 538 g/mol. The van der Waals surface area contributed by atoms with Gasteiger partial charge in [-0.05, 0) is 89.5 Å². The number of carbonyl (C=O) groups excluding carboxylic acids is 1. The van der Waals surface area contributed by atoms with E-state index in [1.165, 1.54) is 51.9 Å². The molecule has 0 aliphatic carbocycles. The summed E-state index contributed by atoms with van der Waals surface area (Å²) in [6.07, 6.45) is 7.95. The highest BCUT2D eigenvalue weighted by atomic mass is 16.5. The zero-order valence-corrected chi connectivity index (χ0v) is 25.3. The lowest BCUT2D eigenvalue weighted by Crippen LogP contribution is -2.44. The van der Waals surface area contributed by atoms with E-state index < -0.39 is 0 Å². The number of aromatic nitrogens is 1. The van der Waals surface area contributed by atoms with Gasteiger partial charge in [0.1, 0.15) is 11.5 Å². The van der Waals surface area contributed by atoms with Crippen LogP contribution in [-0.4, -0.2) is 73.0 Å². The topological polar surface area (TPSA) is 64.1 Å². The van der Waals surface area contributed by atoms with E-state index in [2.05, 4.69) is 14.8 Å². The Kier molecular flexibility index (Phi) is 9.20. The van der Waals surface area contributed by atoms with E-state index in [4.69, 9.17) is 14.2 Å². The van der Waals surface area contributed by atoms with Crippen molar-refractivity contribution in [2.24, 2.45) is 0 Å². The smallest absolute Gasteiger partial charge is 0.196 e. The second-order valence-corrected chi connectivity index (χ2v) is 11.6. The summed E-state index contributed by atoms with van der Waals surface area (Å²) in [4.78, 5) is 23.2. The molecule has 0 radical (unpaired) electrons. The molecule has 224 valence electrons. The molecule has 1 aromatic heterocycles. The normalized spacial score (nSPS) is 16.4. The molecule has 3 heterocycles. The predicted octanol–water partition coefficient (Wildman–Crippen LogP) is 6.90. The fraction of sp³-hybridized carbons (Fsp3) is 0.389. The maximum atomic E-state index is 13.4. The third-order valence-corrected chi connectivity index (χ3v) is 8.71. The quantitative estimate of drug-likeness (QED) is 0.141. The Balaban J connectivity index is 1.12. The van der Waals surface area contributed by atoms with Gasteiger partial charge >= 0.3 is 0 Å². The molecule has 2 saturated heterocycles. The molecule has 0 amide bonds. The van der Waals surface area contributed by atoms with Crippen LogP contribution in [0.1, 0.15) is 53.6 Å². The summed E-state index contributed by atoms with van der Waals surface area (Å²) in [5.41, 5.74) is 2.86. The van der Waals surface area contributed by atoms with Gasteiger partial charge in [0.15, 0.2) is 17.3 Å². The van der Waals surface area contributed by atoms with Gasteiger partial charge in [-0.1, -0.05) is 42.0 Å². The number of benzene rings is 3. The van der Waals surface area contributed by atoms with Crippen LogP contribution < -0.4 is 14.2 Å². The van der Waals surface area contributed by atoms with Crippen LogP contribution in [0.5, 0.6) is 23.0 Å². The van der Waals surface area contributed by atoms with Gasteiger partial charge < -0.3 is 24.0 Å². The van der Waals surface area contributed by atoms with Gasteiger partial charge in [-0.25, -0.2) is 0 Å². The number of rotatable bonds is 11. The number of carbonyl (C=O) groups is 1. The highest BCUT2D eigenvalue weighted by Gasteiger charge is 2.26. The van der Waals surface area contributed by atoms with Gasteiger partial charge in [-0.2, -0.15) is 0 Å². The maximum Gasteiger partial charge on any atom is 0.196 e. The predicted molar refractivity (Wildman–Crippen MR) is 170 cm³/mol. The Morgan fingerprint density at radius 3 is 2.44 bits per heavy atom. The Morgan fingerprint density at radius 1 is 0.884 bits per heavy atom. The monoisotopic (exact) mass is 579 g/mol. The van der Waals surface area contributed by atoms with Crippen LogP contribution in [0.3, 0.4) is 0 Å². The third kappa shape index (κ3) is 6.84. The number of methoxy groups -OCH3 is 1. The number of hydrogen-bond donors (Lipinski definition) is 0. The molecule has 43 heavy (non-hydrogen) atoms. The van der Waals surface area contributed by atoms with E-state index >= 15 is 0 Å². The number of piperidine rings is 1. The number of likely N-dealkylation sites (tertiary alicyclic amines) is 2. The summed E-state index contributed by atoms with van der Waals surface area (Å²) >= 11 is 0. The Hall–Kier alpha value is -3.94. The average Bonchev–Trinajstić information content (AvgIpc) is 3.59. The largest absolute Gasteiger partial charge is 0.493 e. The van der Waals surface area contributed by atoms with Crippen molar-refractivity contribution in [2.45, 2.75) is 45.1 Å². The minimum Gasteiger partial charge on any atom is -0.493 e. The van der Waals surface area contributed by atoms with Crippen LogP contribution in [0.4, 0.5) is 0 Å². The van der Waals surface area contributed by atoms with Crippen LogP contribution in [0.25, 0.3) is 10.9 Å². The molecule has 0 unspecified atom stereocenters. The van der Waals surface area contributed by atoms with E-state index in [9.17, 15) is 4.79 Å². The summed E-state index contributed by atoms with van der Waals surface area (Å²) in [7, 11) is 1.64. The SMILES string of the molecule is COc1cc2c(Oc3ccc(C)cc3C(=O)c3ccccc3)ccnc2cc1OCCCN1CCC(N2CCCC2)CC1. The first kappa shape index (κ1) is 29.1. The van der Waals surface area contributed by atoms with Crippen molar-refractivity contribution < 1.29 is 19.0 Å². The number of pyridine rings is 1. The summed E-state index contributed by atoms with van der Waals surface area (Å²) < 4.78 is 18.3. The van der Waals surface area contributed by atoms with E-state index in [1.807, 2.05) is 73.7 Å². The number of aryl methyl sites for hydroxylation is 1. The molecule has 2 aliphatic heterocycles. The Bertz CT molecular complexity index is 1540. The third-order valence-electron chi connectivity index (χ3n) is 8.71. The lowest BCUT2D eigenvalue weighted by molar-refractivity contribution is 0.103. The molecule has 0 saturated carbocycles. The number of nitrogens with zero attached hydrogens (tertiary/aromatic N) is 3. The van der Waals surface area contributed by atoms with Crippen molar-refractivity contribution in [3.63, 3.8) is 0 Å². The maximum absolute atomic E-state index is 13.4. The van der Waals surface area contributed by atoms with E-state index in [1.54, 1.807) is 13.3 Å².